The van der Waals surface area contributed by atoms with Crippen molar-refractivity contribution in [3.63, 3.8) is 0 Å². The van der Waals surface area contributed by atoms with Gasteiger partial charge in [-0.1, -0.05) is 121 Å². The van der Waals surface area contributed by atoms with Crippen LogP contribution in [0.15, 0.2) is 143 Å². The highest BCUT2D eigenvalue weighted by Gasteiger charge is 2.63. The van der Waals surface area contributed by atoms with Crippen LogP contribution in [0.25, 0.3) is 0 Å². The summed E-state index contributed by atoms with van der Waals surface area (Å²) in [5.41, 5.74) is 7.60. The number of Topliss-reactive ketones (excluding diaryl/α,β-unsaturated/α-hetero) is 2. The van der Waals surface area contributed by atoms with Crippen molar-refractivity contribution in [2.45, 2.75) is 50.8 Å². The number of carbonyl (C=O) groups excluding carboxylic acids is 2. The molecule has 3 aliphatic rings. The summed E-state index contributed by atoms with van der Waals surface area (Å²) in [5.74, 6) is -5.07. The monoisotopic (exact) mass is 777 g/mol. The van der Waals surface area contributed by atoms with Gasteiger partial charge in [0, 0.05) is 36.2 Å². The fourth-order valence-corrected chi connectivity index (χ4v) is 8.67. The lowest BCUT2D eigenvalue weighted by Gasteiger charge is -2.47. The van der Waals surface area contributed by atoms with Gasteiger partial charge in [-0.05, 0) is 46.2 Å². The number of nitrogens with two attached hydrogens (primary N) is 1. The van der Waals surface area contributed by atoms with Gasteiger partial charge in [-0.3, -0.25) is 9.59 Å². The summed E-state index contributed by atoms with van der Waals surface area (Å²) >= 11 is 0. The number of nitrogens with zero attached hydrogens (tertiary/aromatic N) is 2. The molecule has 11 heteroatoms. The van der Waals surface area contributed by atoms with E-state index >= 15 is 9.18 Å². The van der Waals surface area contributed by atoms with Crippen LogP contribution in [0.5, 0.6) is 11.6 Å². The van der Waals surface area contributed by atoms with E-state index in [0.29, 0.717) is 18.8 Å². The number of halogens is 1. The fraction of sp³-hybridized carbons (Fsp3) is 0.213. The van der Waals surface area contributed by atoms with Crippen LogP contribution < -0.4 is 20.1 Å². The number of hydrogen-bond acceptors (Lipinski definition) is 10. The first-order chi connectivity index (χ1) is 28.2. The van der Waals surface area contributed by atoms with Crippen LogP contribution >= 0.6 is 0 Å². The van der Waals surface area contributed by atoms with Gasteiger partial charge in [0.05, 0.1) is 17.3 Å². The number of benzene rings is 5. The minimum Gasteiger partial charge on any atom is -0.508 e. The number of anilines is 1. The van der Waals surface area contributed by atoms with Gasteiger partial charge >= 0.3 is 0 Å². The van der Waals surface area contributed by atoms with Crippen LogP contribution in [0.1, 0.15) is 66.8 Å². The standard InChI is InChI=1S/C47H40FN3O7/c48-35-23-36(51(24-28-13-5-1-6-14-28)25-29-15-7-2-8-16-29)42(56-26-30-17-9-3-10-18-30)38-33(35)21-32-22-34-40(49)43-39(45(54)47(34,55)44(53)37(32)41(38)52)46(50-58-43)57-27-31-19-11-4-12-20-31/h1-20,23,32,34,40,53,55H,21-22,24-27,49H2/t32-,34-,40-,47-/m0/s1. The molecule has 10 nitrogen and oxygen atoms in total. The average molecular weight is 778 g/mol. The molecule has 0 saturated carbocycles. The van der Waals surface area contributed by atoms with Gasteiger partial charge in [0.2, 0.25) is 5.78 Å². The van der Waals surface area contributed by atoms with Crippen molar-refractivity contribution >= 4 is 17.3 Å². The van der Waals surface area contributed by atoms with Gasteiger partial charge in [0.1, 0.15) is 30.4 Å². The molecule has 0 amide bonds. The molecule has 0 fully saturated rings. The topological polar surface area (TPSA) is 148 Å². The molecule has 0 saturated heterocycles. The van der Waals surface area contributed by atoms with Crippen molar-refractivity contribution in [1.82, 2.24) is 5.16 Å². The lowest BCUT2D eigenvalue weighted by atomic mass is 9.59. The number of carbonyl (C=O) groups is 2. The number of aliphatic hydroxyl groups excluding tert-OH is 1. The Morgan fingerprint density at radius 1 is 0.793 bits per heavy atom. The number of aliphatic hydroxyl groups is 2. The van der Waals surface area contributed by atoms with Crippen molar-refractivity contribution in [3.05, 3.63) is 189 Å². The first kappa shape index (κ1) is 37.0. The zero-order valence-electron chi connectivity index (χ0n) is 31.4. The molecule has 9 rings (SSSR count). The fourth-order valence-electron chi connectivity index (χ4n) is 8.67. The maximum atomic E-state index is 16.8. The molecule has 1 aromatic heterocycles. The maximum absolute atomic E-state index is 16.8. The first-order valence-corrected chi connectivity index (χ1v) is 19.2. The molecule has 0 aliphatic heterocycles. The van der Waals surface area contributed by atoms with Crippen LogP contribution in [0.4, 0.5) is 10.1 Å². The molecule has 1 heterocycles. The molecule has 0 radical (unpaired) electrons. The van der Waals surface area contributed by atoms with E-state index in [1.807, 2.05) is 126 Å². The normalized spacial score (nSPS) is 20.8. The van der Waals surface area contributed by atoms with Crippen molar-refractivity contribution in [2.24, 2.45) is 17.6 Å². The minimum atomic E-state index is -2.62. The lowest BCUT2D eigenvalue weighted by molar-refractivity contribution is -0.0356. The van der Waals surface area contributed by atoms with E-state index < -0.39 is 46.6 Å². The quantitative estimate of drug-likeness (QED) is 0.118. The summed E-state index contributed by atoms with van der Waals surface area (Å²) in [4.78, 5) is 31.5. The van der Waals surface area contributed by atoms with Crippen molar-refractivity contribution in [3.8, 4) is 11.6 Å². The molecule has 6 aromatic rings. The summed E-state index contributed by atoms with van der Waals surface area (Å²) in [6.45, 7) is 0.799. The van der Waals surface area contributed by atoms with Gasteiger partial charge in [-0.15, -0.1) is 0 Å². The molecule has 4 atom stereocenters. The molecule has 0 unspecified atom stereocenters. The second kappa shape index (κ2) is 15.1. The van der Waals surface area contributed by atoms with Crippen molar-refractivity contribution in [1.29, 1.82) is 0 Å². The Morgan fingerprint density at radius 2 is 1.33 bits per heavy atom. The molecule has 58 heavy (non-hydrogen) atoms. The first-order valence-electron chi connectivity index (χ1n) is 19.2. The summed E-state index contributed by atoms with van der Waals surface area (Å²) in [5, 5.41) is 28.5. The summed E-state index contributed by atoms with van der Waals surface area (Å²) in [7, 11) is 0. The highest BCUT2D eigenvalue weighted by molar-refractivity contribution is 6.16. The number of aromatic nitrogens is 1. The van der Waals surface area contributed by atoms with E-state index in [0.717, 1.165) is 22.3 Å². The lowest BCUT2D eigenvalue weighted by Crippen LogP contribution is -2.58. The van der Waals surface area contributed by atoms with Gasteiger partial charge in [-0.25, -0.2) is 4.39 Å². The zero-order chi connectivity index (χ0) is 40.0. The van der Waals surface area contributed by atoms with Gasteiger partial charge in [0.15, 0.2) is 22.9 Å². The molecule has 4 N–H and O–H groups in total. The third kappa shape index (κ3) is 6.42. The number of hydrogen-bond donors (Lipinski definition) is 3. The number of allylic oxidation sites excluding steroid dienone is 1. The minimum absolute atomic E-state index is 0.00543. The maximum Gasteiger partial charge on any atom is 0.265 e. The van der Waals surface area contributed by atoms with E-state index in [4.69, 9.17) is 19.7 Å². The van der Waals surface area contributed by atoms with Gasteiger partial charge < -0.3 is 34.8 Å². The largest absolute Gasteiger partial charge is 0.508 e. The van der Waals surface area contributed by atoms with E-state index in [2.05, 4.69) is 5.16 Å². The molecule has 292 valence electrons. The van der Waals surface area contributed by atoms with Crippen LogP contribution in [-0.2, 0) is 32.7 Å². The third-order valence-electron chi connectivity index (χ3n) is 11.5. The Bertz CT molecular complexity index is 2490. The third-order valence-corrected chi connectivity index (χ3v) is 11.5. The zero-order valence-corrected chi connectivity index (χ0v) is 31.4. The molecule has 3 aliphatic carbocycles. The Balaban J connectivity index is 1.15. The van der Waals surface area contributed by atoms with Gasteiger partial charge in [0.25, 0.3) is 5.88 Å². The number of ether oxygens (including phenoxy) is 2. The van der Waals surface area contributed by atoms with Crippen molar-refractivity contribution < 1.29 is 38.2 Å². The highest BCUT2D eigenvalue weighted by Crippen LogP contribution is 2.55. The number of fused-ring (bicyclic) bond motifs is 4. The van der Waals surface area contributed by atoms with Crippen LogP contribution in [0, 0.1) is 17.7 Å². The van der Waals surface area contributed by atoms with E-state index in [-0.39, 0.29) is 65.7 Å². The summed E-state index contributed by atoms with van der Waals surface area (Å²) in [6, 6.07) is 38.4. The number of ketones is 2. The van der Waals surface area contributed by atoms with Crippen LogP contribution in [0.3, 0.4) is 0 Å². The molecule has 5 aromatic carbocycles. The Kier molecular flexibility index (Phi) is 9.63. The second-order valence-corrected chi connectivity index (χ2v) is 15.1. The smallest absolute Gasteiger partial charge is 0.265 e. The van der Waals surface area contributed by atoms with E-state index in [1.54, 1.807) is 0 Å². The Morgan fingerprint density at radius 3 is 1.90 bits per heavy atom. The van der Waals surface area contributed by atoms with Crippen LogP contribution in [-0.4, -0.2) is 32.5 Å². The molecule has 0 bridgehead atoms. The molecular weight excluding hydrogens is 738 g/mol. The SMILES string of the molecule is N[C@@H]1c2onc(OCc3ccccc3)c2C(=O)[C@@]2(O)C(O)=C3C(=O)c4c(c(F)cc(N(Cc5ccccc5)Cc5ccccc5)c4OCc4ccccc4)C[C@H]3C[C@@H]12. The second-order valence-electron chi connectivity index (χ2n) is 15.1. The Labute approximate surface area is 333 Å². The van der Waals surface area contributed by atoms with E-state index in [1.165, 1.54) is 6.07 Å². The Hall–Kier alpha value is -6.56. The molecular formula is C47H40FN3O7. The predicted molar refractivity (Wildman–Crippen MR) is 213 cm³/mol. The average Bonchev–Trinajstić information content (AvgIpc) is 3.68. The number of rotatable bonds is 11. The predicted octanol–water partition coefficient (Wildman–Crippen LogP) is 7.99. The highest BCUT2D eigenvalue weighted by atomic mass is 19.1. The summed E-state index contributed by atoms with van der Waals surface area (Å²) in [6.07, 6.45) is -0.0439. The van der Waals surface area contributed by atoms with Crippen LogP contribution in [0.2, 0.25) is 0 Å². The van der Waals surface area contributed by atoms with Crippen molar-refractivity contribution in [2.75, 3.05) is 4.90 Å². The van der Waals surface area contributed by atoms with E-state index in [9.17, 15) is 15.0 Å². The molecule has 0 spiro atoms. The van der Waals surface area contributed by atoms with Gasteiger partial charge in [-0.2, -0.15) is 0 Å². The summed E-state index contributed by atoms with van der Waals surface area (Å²) < 4.78 is 34.8.